The maximum atomic E-state index is 13.6. The number of anilines is 1. The lowest BCUT2D eigenvalue weighted by Crippen LogP contribution is -2.28. The smallest absolute Gasteiger partial charge is 0.418 e. The molecule has 0 atom stereocenters. The van der Waals surface area contributed by atoms with Crippen LogP contribution in [0.5, 0.6) is 5.75 Å². The molecule has 1 aliphatic carbocycles. The quantitative estimate of drug-likeness (QED) is 0.648. The number of alkyl halides is 3. The number of fused-ring (bicyclic) bond motifs is 1. The molecule has 0 saturated carbocycles. The van der Waals surface area contributed by atoms with Gasteiger partial charge in [0.1, 0.15) is 5.75 Å². The molecule has 0 fully saturated rings. The van der Waals surface area contributed by atoms with Gasteiger partial charge in [-0.2, -0.15) is 23.0 Å². The highest BCUT2D eigenvalue weighted by atomic mass is 19.4. The van der Waals surface area contributed by atoms with Crippen molar-refractivity contribution in [3.05, 3.63) is 69.0 Å². The van der Waals surface area contributed by atoms with Crippen molar-refractivity contribution in [2.45, 2.75) is 32.4 Å². The van der Waals surface area contributed by atoms with Crippen molar-refractivity contribution in [3.8, 4) is 22.7 Å². The number of aryl methyl sites for hydroxylation is 1. The van der Waals surface area contributed by atoms with Crippen LogP contribution >= 0.6 is 0 Å². The summed E-state index contributed by atoms with van der Waals surface area (Å²) >= 11 is 0. The topological polar surface area (TPSA) is 70.1 Å². The van der Waals surface area contributed by atoms with Crippen LogP contribution in [-0.4, -0.2) is 16.9 Å². The highest BCUT2D eigenvalue weighted by Crippen LogP contribution is 2.36. The Bertz CT molecular complexity index is 1200. The minimum absolute atomic E-state index is 0.117. The summed E-state index contributed by atoms with van der Waals surface area (Å²) in [5.74, 6) is 0.608. The molecule has 156 valence electrons. The van der Waals surface area contributed by atoms with E-state index in [-0.39, 0.29) is 11.4 Å². The van der Waals surface area contributed by atoms with Crippen LogP contribution in [-0.2, 0) is 19.0 Å². The molecule has 0 amide bonds. The molecule has 2 aromatic carbocycles. The fraction of sp³-hybridized carbons (Fsp3) is 0.273. The van der Waals surface area contributed by atoms with Crippen LogP contribution in [0.3, 0.4) is 0 Å². The minimum atomic E-state index is -4.66. The fourth-order valence-electron chi connectivity index (χ4n) is 3.94. The van der Waals surface area contributed by atoms with Gasteiger partial charge in [0.05, 0.1) is 24.1 Å². The second-order valence-corrected chi connectivity index (χ2v) is 7.39. The van der Waals surface area contributed by atoms with Gasteiger partial charge >= 0.3 is 6.18 Å². The summed E-state index contributed by atoms with van der Waals surface area (Å²) in [6.45, 7) is 1.89. The molecule has 0 saturated heterocycles. The van der Waals surface area contributed by atoms with E-state index in [0.717, 1.165) is 40.4 Å². The van der Waals surface area contributed by atoms with Crippen LogP contribution in [0.4, 0.5) is 18.9 Å². The molecule has 0 spiro atoms. The van der Waals surface area contributed by atoms with Gasteiger partial charge < -0.3 is 10.5 Å². The third-order valence-electron chi connectivity index (χ3n) is 5.27. The van der Waals surface area contributed by atoms with Crippen LogP contribution in [0, 0.1) is 6.92 Å². The monoisotopic (exact) mass is 415 g/mol. The zero-order valence-corrected chi connectivity index (χ0v) is 16.5. The van der Waals surface area contributed by atoms with Crippen LogP contribution in [0.1, 0.15) is 28.7 Å². The Hall–Kier alpha value is -3.29. The van der Waals surface area contributed by atoms with Crippen molar-refractivity contribution in [2.24, 2.45) is 0 Å². The minimum Gasteiger partial charge on any atom is -0.497 e. The lowest BCUT2D eigenvalue weighted by atomic mass is 10.0. The number of nitrogens with zero attached hydrogens (tertiary/aromatic N) is 2. The normalized spacial score (nSPS) is 13.4. The molecule has 5 nitrogen and oxygen atoms in total. The third-order valence-corrected chi connectivity index (χ3v) is 5.27. The highest BCUT2D eigenvalue weighted by molar-refractivity contribution is 5.68. The average molecular weight is 415 g/mol. The van der Waals surface area contributed by atoms with Gasteiger partial charge in [0, 0.05) is 16.8 Å². The molecule has 1 heterocycles. The van der Waals surface area contributed by atoms with Crippen LogP contribution in [0.2, 0.25) is 0 Å². The number of halogens is 3. The van der Waals surface area contributed by atoms with Crippen molar-refractivity contribution in [1.82, 2.24) is 9.78 Å². The van der Waals surface area contributed by atoms with E-state index in [1.165, 1.54) is 0 Å². The maximum absolute atomic E-state index is 13.6. The Morgan fingerprint density at radius 2 is 1.83 bits per heavy atom. The second kappa shape index (κ2) is 7.19. The standard InChI is InChI=1S/C22H20F3N3O2/c1-12-8-13(10-15(9-12)30-2)20-16-4-3-5-17(16)21(29)28(27-20)19-11-14(26)6-7-18(19)22(23,24)25/h6-11H,3-5,26H2,1-2H3. The predicted molar refractivity (Wildman–Crippen MR) is 108 cm³/mol. The zero-order chi connectivity index (χ0) is 21.6. The van der Waals surface area contributed by atoms with E-state index in [1.54, 1.807) is 13.2 Å². The number of hydrogen-bond acceptors (Lipinski definition) is 4. The van der Waals surface area contributed by atoms with Crippen molar-refractivity contribution in [1.29, 1.82) is 0 Å². The number of ether oxygens (including phenoxy) is 1. The molecule has 0 bridgehead atoms. The highest BCUT2D eigenvalue weighted by Gasteiger charge is 2.35. The van der Waals surface area contributed by atoms with Gasteiger partial charge in [-0.1, -0.05) is 0 Å². The van der Waals surface area contributed by atoms with Gasteiger partial charge in [0.15, 0.2) is 0 Å². The lowest BCUT2D eigenvalue weighted by molar-refractivity contribution is -0.137. The first-order valence-electron chi connectivity index (χ1n) is 9.47. The third kappa shape index (κ3) is 3.42. The Balaban J connectivity index is 2.04. The Labute approximate surface area is 170 Å². The molecular formula is C22H20F3N3O2. The molecule has 8 heteroatoms. The van der Waals surface area contributed by atoms with Crippen molar-refractivity contribution >= 4 is 5.69 Å². The van der Waals surface area contributed by atoms with E-state index >= 15 is 0 Å². The van der Waals surface area contributed by atoms with Crippen molar-refractivity contribution in [3.63, 3.8) is 0 Å². The SMILES string of the molecule is COc1cc(C)cc(-c2nn(-c3cc(N)ccc3C(F)(F)F)c(=O)c3c2CCC3)c1. The first kappa shape index (κ1) is 20.0. The largest absolute Gasteiger partial charge is 0.497 e. The summed E-state index contributed by atoms with van der Waals surface area (Å²) in [7, 11) is 1.54. The second-order valence-electron chi connectivity index (χ2n) is 7.39. The van der Waals surface area contributed by atoms with E-state index < -0.39 is 17.3 Å². The predicted octanol–water partition coefficient (Wildman–Crippen LogP) is 4.31. The van der Waals surface area contributed by atoms with Gasteiger partial charge in [-0.05, 0) is 73.7 Å². The van der Waals surface area contributed by atoms with E-state index in [1.807, 2.05) is 19.1 Å². The Morgan fingerprint density at radius 1 is 1.10 bits per heavy atom. The molecule has 0 unspecified atom stereocenters. The molecule has 1 aliphatic rings. The van der Waals surface area contributed by atoms with Crippen LogP contribution in [0.25, 0.3) is 16.9 Å². The van der Waals surface area contributed by atoms with Crippen LogP contribution in [0.15, 0.2) is 41.2 Å². The van der Waals surface area contributed by atoms with Gasteiger partial charge in [-0.15, -0.1) is 0 Å². The number of methoxy groups -OCH3 is 1. The molecule has 30 heavy (non-hydrogen) atoms. The van der Waals surface area contributed by atoms with E-state index in [9.17, 15) is 18.0 Å². The van der Waals surface area contributed by atoms with Gasteiger partial charge in [0.2, 0.25) is 0 Å². The average Bonchev–Trinajstić information content (AvgIpc) is 3.17. The molecule has 2 N–H and O–H groups in total. The Kier molecular flexibility index (Phi) is 4.80. The van der Waals surface area contributed by atoms with Crippen molar-refractivity contribution < 1.29 is 17.9 Å². The molecular weight excluding hydrogens is 395 g/mol. The van der Waals surface area contributed by atoms with E-state index in [0.29, 0.717) is 35.4 Å². The molecule has 4 rings (SSSR count). The molecule has 0 radical (unpaired) electrons. The van der Waals surface area contributed by atoms with Crippen LogP contribution < -0.4 is 16.0 Å². The number of nitrogen functional groups attached to an aromatic ring is 1. The number of rotatable bonds is 3. The summed E-state index contributed by atoms with van der Waals surface area (Å²) < 4.78 is 47.1. The first-order chi connectivity index (χ1) is 14.2. The number of aromatic nitrogens is 2. The van der Waals surface area contributed by atoms with Crippen molar-refractivity contribution in [2.75, 3.05) is 12.8 Å². The van der Waals surface area contributed by atoms with E-state index in [2.05, 4.69) is 5.10 Å². The summed E-state index contributed by atoms with van der Waals surface area (Å²) in [6.07, 6.45) is -2.77. The summed E-state index contributed by atoms with van der Waals surface area (Å²) in [4.78, 5) is 13.1. The van der Waals surface area contributed by atoms with Gasteiger partial charge in [-0.25, -0.2) is 0 Å². The number of benzene rings is 2. The number of nitrogens with two attached hydrogens (primary N) is 1. The maximum Gasteiger partial charge on any atom is 0.418 e. The summed E-state index contributed by atoms with van der Waals surface area (Å²) in [6, 6.07) is 8.67. The zero-order valence-electron chi connectivity index (χ0n) is 16.5. The van der Waals surface area contributed by atoms with Gasteiger partial charge in [0.25, 0.3) is 5.56 Å². The molecule has 3 aromatic rings. The first-order valence-corrected chi connectivity index (χ1v) is 9.47. The summed E-state index contributed by atoms with van der Waals surface area (Å²) in [5, 5.41) is 4.41. The van der Waals surface area contributed by atoms with E-state index in [4.69, 9.17) is 10.5 Å². The molecule has 0 aliphatic heterocycles. The fourth-order valence-corrected chi connectivity index (χ4v) is 3.94. The number of hydrogen-bond donors (Lipinski definition) is 1. The lowest BCUT2D eigenvalue weighted by Gasteiger charge is -2.17. The summed E-state index contributed by atoms with van der Waals surface area (Å²) in [5.41, 5.74) is 7.36. The molecule has 1 aromatic heterocycles. The Morgan fingerprint density at radius 3 is 2.53 bits per heavy atom. The van der Waals surface area contributed by atoms with Gasteiger partial charge in [-0.3, -0.25) is 4.79 Å².